The Kier molecular flexibility index (Phi) is 6.44. The number of hydrogen-bond donors (Lipinski definition) is 0. The summed E-state index contributed by atoms with van der Waals surface area (Å²) in [7, 11) is 1.89. The van der Waals surface area contributed by atoms with Crippen LogP contribution in [0.2, 0.25) is 0 Å². The molecule has 0 saturated carbocycles. The fourth-order valence-corrected chi connectivity index (χ4v) is 3.58. The van der Waals surface area contributed by atoms with Gasteiger partial charge in [0.25, 0.3) is 0 Å². The molecule has 1 fully saturated rings. The molecule has 0 N–H and O–H groups in total. The predicted molar refractivity (Wildman–Crippen MR) is 77.0 cm³/mol. The summed E-state index contributed by atoms with van der Waals surface area (Å²) in [6.07, 6.45) is 5.05. The van der Waals surface area contributed by atoms with Crippen molar-refractivity contribution in [2.45, 2.75) is 17.3 Å². The standard InChI is InChI=1S/C11H17N4S2.Y/c1-14-5-4-6-15(10(14)12)8-9-7-13-11(16-9)17(2)3;/h7H,2,4-6,8H2,1,3H3;/q-1;. The largest absolute Gasteiger partial charge is 0.429 e. The van der Waals surface area contributed by atoms with Crippen molar-refractivity contribution < 1.29 is 32.7 Å². The normalized spacial score (nSPS) is 17.6. The Bertz CT molecular complexity index is 446. The molecule has 0 amide bonds. The molecule has 4 nitrogen and oxygen atoms in total. The summed E-state index contributed by atoms with van der Waals surface area (Å²) in [6, 6.07) is 0. The minimum Gasteiger partial charge on any atom is -0.429 e. The van der Waals surface area contributed by atoms with E-state index in [9.17, 15) is 5.41 Å². The van der Waals surface area contributed by atoms with Crippen LogP contribution >= 0.6 is 21.8 Å². The van der Waals surface area contributed by atoms with Gasteiger partial charge in [-0.15, -0.1) is 21.8 Å². The number of nitrogens with zero attached hydrogens (tertiary/aromatic N) is 4. The number of thiazole rings is 1. The fourth-order valence-electron chi connectivity index (χ4n) is 1.80. The Morgan fingerprint density at radius 3 is 2.89 bits per heavy atom. The smallest absolute Gasteiger partial charge is 0.143 e. The van der Waals surface area contributed by atoms with Crippen molar-refractivity contribution >= 4 is 33.7 Å². The van der Waals surface area contributed by atoms with E-state index < -0.39 is 0 Å². The van der Waals surface area contributed by atoms with E-state index >= 15 is 0 Å². The molecule has 1 aliphatic rings. The molecule has 18 heavy (non-hydrogen) atoms. The Morgan fingerprint density at radius 2 is 2.28 bits per heavy atom. The van der Waals surface area contributed by atoms with Gasteiger partial charge in [-0.05, 0) is 32.8 Å². The molecule has 1 saturated heterocycles. The van der Waals surface area contributed by atoms with Gasteiger partial charge in [-0.25, -0.2) is 4.98 Å². The number of aromatic nitrogens is 1. The molecule has 1 radical (unpaired) electrons. The first-order valence-corrected chi connectivity index (χ1v) is 8.12. The summed E-state index contributed by atoms with van der Waals surface area (Å²) in [6.45, 7) is 2.57. The number of hydrogen-bond acceptors (Lipinski definition) is 2. The monoisotopic (exact) mass is 358 g/mol. The van der Waals surface area contributed by atoms with Gasteiger partial charge in [0.2, 0.25) is 0 Å². The molecule has 0 spiro atoms. The van der Waals surface area contributed by atoms with Gasteiger partial charge in [0.05, 0.1) is 0 Å². The molecule has 0 aliphatic carbocycles. The zero-order valence-electron chi connectivity index (χ0n) is 10.8. The minimum atomic E-state index is -0.0212. The fraction of sp³-hybridized carbons (Fsp3) is 0.545. The van der Waals surface area contributed by atoms with E-state index in [1.165, 1.54) is 4.88 Å². The molecule has 7 heteroatoms. The second-order valence-corrected chi connectivity index (χ2v) is 7.26. The van der Waals surface area contributed by atoms with Crippen LogP contribution in [0.15, 0.2) is 10.5 Å². The zero-order chi connectivity index (χ0) is 12.4. The summed E-state index contributed by atoms with van der Waals surface area (Å²) in [4.78, 5) is 9.43. The molecule has 0 bridgehead atoms. The number of guanidine groups is 1. The molecule has 1 aromatic heterocycles. The maximum Gasteiger partial charge on any atom is 0.143 e. The Hall–Kier alpha value is 0.224. The summed E-state index contributed by atoms with van der Waals surface area (Å²) in [5, 5.41) is 9.96. The van der Waals surface area contributed by atoms with E-state index in [1.807, 2.05) is 23.0 Å². The molecule has 1 aromatic rings. The molecule has 1 unspecified atom stereocenters. The molecular weight excluding hydrogens is 341 g/mol. The van der Waals surface area contributed by atoms with Crippen LogP contribution in [0.4, 0.5) is 0 Å². The van der Waals surface area contributed by atoms with Gasteiger partial charge in [0.15, 0.2) is 0 Å². The van der Waals surface area contributed by atoms with Crippen molar-refractivity contribution in [3.63, 3.8) is 0 Å². The Balaban J connectivity index is 0.00000162. The van der Waals surface area contributed by atoms with Gasteiger partial charge in [-0.2, -0.15) is 0 Å². The molecular formula is C11H17N4S2Y-. The molecule has 2 rings (SSSR count). The van der Waals surface area contributed by atoms with Crippen LogP contribution in [-0.2, 0) is 39.3 Å². The van der Waals surface area contributed by atoms with E-state index in [1.54, 1.807) is 11.3 Å². The van der Waals surface area contributed by atoms with Gasteiger partial charge >= 0.3 is 0 Å². The molecule has 1 aliphatic heterocycles. The minimum absolute atomic E-state index is 0. The predicted octanol–water partition coefficient (Wildman–Crippen LogP) is 1.89. The third-order valence-corrected chi connectivity index (χ3v) is 5.30. The van der Waals surface area contributed by atoms with E-state index in [0.717, 1.165) is 30.4 Å². The molecule has 0 aromatic carbocycles. The van der Waals surface area contributed by atoms with Crippen molar-refractivity contribution in [2.24, 2.45) is 0 Å². The quantitative estimate of drug-likeness (QED) is 0.775. The second kappa shape index (κ2) is 7.13. The van der Waals surface area contributed by atoms with Crippen molar-refractivity contribution in [1.29, 1.82) is 0 Å². The maximum absolute atomic E-state index is 9.96. The third-order valence-electron chi connectivity index (χ3n) is 2.72. The van der Waals surface area contributed by atoms with E-state index in [2.05, 4.69) is 17.1 Å². The van der Waals surface area contributed by atoms with Crippen LogP contribution in [0.5, 0.6) is 0 Å². The summed E-state index contributed by atoms with van der Waals surface area (Å²) < 4.78 is 1.09. The number of rotatable bonds is 3. The average molecular weight is 358 g/mol. The summed E-state index contributed by atoms with van der Waals surface area (Å²) in [5.74, 6) is 4.37. The first kappa shape index (κ1) is 16.3. The van der Waals surface area contributed by atoms with Crippen molar-refractivity contribution in [2.75, 3.05) is 26.4 Å². The third kappa shape index (κ3) is 3.86. The van der Waals surface area contributed by atoms with Crippen molar-refractivity contribution in [1.82, 2.24) is 14.8 Å². The zero-order valence-corrected chi connectivity index (χ0v) is 15.3. The van der Waals surface area contributed by atoms with Gasteiger partial charge in [-0.1, -0.05) is 5.87 Å². The topological polar surface area (TPSA) is 41.7 Å². The SMILES string of the molecule is C=S(C)c1ncc(CN2CCCN(C)C2=[N-])s1.[Y]. The Morgan fingerprint density at radius 1 is 1.56 bits per heavy atom. The van der Waals surface area contributed by atoms with Crippen LogP contribution in [0, 0.1) is 0 Å². The summed E-state index contributed by atoms with van der Waals surface area (Å²) >= 11 is 1.69. The molecule has 2 heterocycles. The van der Waals surface area contributed by atoms with E-state index in [0.29, 0.717) is 5.96 Å². The first-order valence-electron chi connectivity index (χ1n) is 5.50. The van der Waals surface area contributed by atoms with Crippen LogP contribution in [-0.4, -0.2) is 53.0 Å². The van der Waals surface area contributed by atoms with Crippen LogP contribution < -0.4 is 0 Å². The second-order valence-electron chi connectivity index (χ2n) is 4.23. The van der Waals surface area contributed by atoms with E-state index in [4.69, 9.17) is 0 Å². The molecule has 1 atom stereocenters. The maximum atomic E-state index is 9.96. The van der Waals surface area contributed by atoms with Crippen LogP contribution in [0.25, 0.3) is 5.41 Å². The summed E-state index contributed by atoms with van der Waals surface area (Å²) in [5.41, 5.74) is 0. The first-order chi connectivity index (χ1) is 8.08. The van der Waals surface area contributed by atoms with Gasteiger partial charge < -0.3 is 15.2 Å². The van der Waals surface area contributed by atoms with Crippen molar-refractivity contribution in [3.8, 4) is 0 Å². The van der Waals surface area contributed by atoms with Crippen LogP contribution in [0.3, 0.4) is 0 Å². The Labute approximate surface area is 140 Å². The average Bonchev–Trinajstić information content (AvgIpc) is 2.73. The van der Waals surface area contributed by atoms with Crippen LogP contribution in [0.1, 0.15) is 11.3 Å². The molecule has 97 valence electrons. The van der Waals surface area contributed by atoms with Gasteiger partial charge in [0.1, 0.15) is 4.34 Å². The van der Waals surface area contributed by atoms with Gasteiger partial charge in [0, 0.05) is 56.3 Å². The van der Waals surface area contributed by atoms with E-state index in [-0.39, 0.29) is 43.2 Å². The van der Waals surface area contributed by atoms with Crippen molar-refractivity contribution in [3.05, 3.63) is 16.5 Å². The van der Waals surface area contributed by atoms with Gasteiger partial charge in [-0.3, -0.25) is 0 Å².